The lowest BCUT2D eigenvalue weighted by molar-refractivity contribution is 0.300. The number of aromatic nitrogens is 2. The zero-order valence-electron chi connectivity index (χ0n) is 9.20. The van der Waals surface area contributed by atoms with Gasteiger partial charge in [0.2, 0.25) is 0 Å². The molecule has 0 amide bonds. The minimum atomic E-state index is -0.226. The average Bonchev–Trinajstić information content (AvgIpc) is 2.70. The molecule has 6 heteroatoms. The van der Waals surface area contributed by atoms with Crippen LogP contribution in [0.25, 0.3) is 0 Å². The Bertz CT molecular complexity index is 515. The summed E-state index contributed by atoms with van der Waals surface area (Å²) >= 11 is 3.31. The fourth-order valence-corrected chi connectivity index (χ4v) is 1.81. The van der Waals surface area contributed by atoms with Crippen LogP contribution >= 0.6 is 15.9 Å². The van der Waals surface area contributed by atoms with Crippen molar-refractivity contribution < 1.29 is 9.02 Å². The Balaban J connectivity index is 1.94. The van der Waals surface area contributed by atoms with Gasteiger partial charge >= 0.3 is 0 Å². The molecule has 0 atom stereocenters. The first-order valence-electron chi connectivity index (χ1n) is 5.09. The number of rotatable bonds is 4. The standard InChI is InChI=1S/C11H11BrFN3O/c1-7-11(16-17-15-7)6-14-5-8-4-9(12)2-3-10(8)13/h2-4,14H,5-6H2,1H3. The fraction of sp³-hybridized carbons (Fsp3) is 0.273. The van der Waals surface area contributed by atoms with Gasteiger partial charge in [-0.15, -0.1) is 0 Å². The van der Waals surface area contributed by atoms with Crippen molar-refractivity contribution in [3.8, 4) is 0 Å². The van der Waals surface area contributed by atoms with Crippen LogP contribution in [0.3, 0.4) is 0 Å². The molecule has 1 N–H and O–H groups in total. The summed E-state index contributed by atoms with van der Waals surface area (Å²) in [6.45, 7) is 2.74. The Hall–Kier alpha value is -1.27. The second-order valence-corrected chi connectivity index (χ2v) is 4.55. The highest BCUT2D eigenvalue weighted by molar-refractivity contribution is 9.10. The molecule has 1 aromatic heterocycles. The zero-order chi connectivity index (χ0) is 12.3. The lowest BCUT2D eigenvalue weighted by Gasteiger charge is -2.05. The van der Waals surface area contributed by atoms with Crippen molar-refractivity contribution in [2.24, 2.45) is 0 Å². The smallest absolute Gasteiger partial charge is 0.127 e. The second-order valence-electron chi connectivity index (χ2n) is 3.64. The predicted molar refractivity (Wildman–Crippen MR) is 63.7 cm³/mol. The van der Waals surface area contributed by atoms with Crippen LogP contribution in [0, 0.1) is 12.7 Å². The van der Waals surface area contributed by atoms with E-state index in [1.54, 1.807) is 12.1 Å². The lowest BCUT2D eigenvalue weighted by Crippen LogP contribution is -2.14. The number of hydrogen-bond donors (Lipinski definition) is 1. The topological polar surface area (TPSA) is 51.0 Å². The molecular formula is C11H11BrFN3O. The molecule has 1 heterocycles. The van der Waals surface area contributed by atoms with E-state index < -0.39 is 0 Å². The van der Waals surface area contributed by atoms with E-state index in [1.807, 2.05) is 6.92 Å². The molecule has 0 bridgehead atoms. The molecule has 1 aromatic carbocycles. The monoisotopic (exact) mass is 299 g/mol. The third kappa shape index (κ3) is 3.10. The van der Waals surface area contributed by atoms with Gasteiger partial charge in [0.25, 0.3) is 0 Å². The van der Waals surface area contributed by atoms with Gasteiger partial charge < -0.3 is 5.32 Å². The van der Waals surface area contributed by atoms with Crippen molar-refractivity contribution in [2.45, 2.75) is 20.0 Å². The Kier molecular flexibility index (Phi) is 3.86. The molecule has 0 radical (unpaired) electrons. The van der Waals surface area contributed by atoms with Gasteiger partial charge in [0.1, 0.15) is 17.2 Å². The number of benzene rings is 1. The van der Waals surface area contributed by atoms with Crippen LogP contribution in [-0.4, -0.2) is 10.3 Å². The van der Waals surface area contributed by atoms with E-state index in [4.69, 9.17) is 0 Å². The zero-order valence-corrected chi connectivity index (χ0v) is 10.8. The minimum Gasteiger partial charge on any atom is -0.307 e. The highest BCUT2D eigenvalue weighted by atomic mass is 79.9. The predicted octanol–water partition coefficient (Wildman–Crippen LogP) is 2.57. The molecule has 0 aliphatic rings. The third-order valence-corrected chi connectivity index (χ3v) is 2.86. The van der Waals surface area contributed by atoms with Gasteiger partial charge in [-0.05, 0) is 25.1 Å². The van der Waals surface area contributed by atoms with E-state index in [9.17, 15) is 4.39 Å². The van der Waals surface area contributed by atoms with Gasteiger partial charge in [0.15, 0.2) is 0 Å². The van der Waals surface area contributed by atoms with Crippen molar-refractivity contribution in [3.05, 3.63) is 45.4 Å². The number of halogens is 2. The van der Waals surface area contributed by atoms with Crippen LogP contribution in [0.4, 0.5) is 4.39 Å². The minimum absolute atomic E-state index is 0.226. The summed E-state index contributed by atoms with van der Waals surface area (Å²) in [5, 5.41) is 10.5. The summed E-state index contributed by atoms with van der Waals surface area (Å²) in [5.41, 5.74) is 2.08. The molecule has 4 nitrogen and oxygen atoms in total. The van der Waals surface area contributed by atoms with Crippen LogP contribution in [0.1, 0.15) is 17.0 Å². The Labute approximate surface area is 106 Å². The highest BCUT2D eigenvalue weighted by Crippen LogP contribution is 2.15. The van der Waals surface area contributed by atoms with E-state index in [0.717, 1.165) is 15.9 Å². The van der Waals surface area contributed by atoms with Crippen molar-refractivity contribution >= 4 is 15.9 Å². The SMILES string of the molecule is Cc1nonc1CNCc1cc(Br)ccc1F. The highest BCUT2D eigenvalue weighted by Gasteiger charge is 2.06. The second kappa shape index (κ2) is 5.37. The Morgan fingerprint density at radius 2 is 2.18 bits per heavy atom. The number of nitrogens with one attached hydrogen (secondary N) is 1. The van der Waals surface area contributed by atoms with Crippen molar-refractivity contribution in [2.75, 3.05) is 0 Å². The van der Waals surface area contributed by atoms with E-state index in [1.165, 1.54) is 6.07 Å². The van der Waals surface area contributed by atoms with Crippen LogP contribution in [0.15, 0.2) is 27.3 Å². The molecule has 90 valence electrons. The molecule has 0 aliphatic heterocycles. The fourth-order valence-electron chi connectivity index (χ4n) is 1.40. The van der Waals surface area contributed by atoms with Crippen molar-refractivity contribution in [3.63, 3.8) is 0 Å². The summed E-state index contributed by atoms with van der Waals surface area (Å²) < 4.78 is 18.8. The molecule has 0 saturated heterocycles. The maximum Gasteiger partial charge on any atom is 0.127 e. The first kappa shape index (κ1) is 12.2. The molecular weight excluding hydrogens is 289 g/mol. The molecule has 0 unspecified atom stereocenters. The molecule has 2 rings (SSSR count). The lowest BCUT2D eigenvalue weighted by atomic mass is 10.2. The van der Waals surface area contributed by atoms with Gasteiger partial charge in [0, 0.05) is 23.1 Å². The van der Waals surface area contributed by atoms with E-state index in [0.29, 0.717) is 18.7 Å². The average molecular weight is 300 g/mol. The quantitative estimate of drug-likeness (QED) is 0.943. The summed E-state index contributed by atoms with van der Waals surface area (Å²) in [6.07, 6.45) is 0. The maximum absolute atomic E-state index is 13.4. The number of hydrogen-bond acceptors (Lipinski definition) is 4. The summed E-state index contributed by atoms with van der Waals surface area (Å²) in [7, 11) is 0. The molecule has 2 aromatic rings. The Morgan fingerprint density at radius 3 is 2.88 bits per heavy atom. The summed E-state index contributed by atoms with van der Waals surface area (Å²) in [5.74, 6) is -0.226. The summed E-state index contributed by atoms with van der Waals surface area (Å²) in [4.78, 5) is 0. The van der Waals surface area contributed by atoms with Gasteiger partial charge in [0.05, 0.1) is 0 Å². The van der Waals surface area contributed by atoms with Gasteiger partial charge in [-0.2, -0.15) is 0 Å². The van der Waals surface area contributed by atoms with Crippen molar-refractivity contribution in [1.82, 2.24) is 15.6 Å². The number of nitrogens with zero attached hydrogens (tertiary/aromatic N) is 2. The van der Waals surface area contributed by atoms with Gasteiger partial charge in [-0.1, -0.05) is 26.2 Å². The first-order valence-corrected chi connectivity index (χ1v) is 5.89. The van der Waals surface area contributed by atoms with E-state index >= 15 is 0 Å². The largest absolute Gasteiger partial charge is 0.307 e. The van der Waals surface area contributed by atoms with Crippen LogP contribution in [-0.2, 0) is 13.1 Å². The van der Waals surface area contributed by atoms with Crippen molar-refractivity contribution in [1.29, 1.82) is 0 Å². The molecule has 0 aliphatic carbocycles. The third-order valence-electron chi connectivity index (χ3n) is 2.36. The van der Waals surface area contributed by atoms with Crippen LogP contribution < -0.4 is 5.32 Å². The van der Waals surface area contributed by atoms with E-state index in [2.05, 4.69) is 36.2 Å². The maximum atomic E-state index is 13.4. The molecule has 0 spiro atoms. The van der Waals surface area contributed by atoms with E-state index in [-0.39, 0.29) is 5.82 Å². The number of aryl methyl sites for hydroxylation is 1. The summed E-state index contributed by atoms with van der Waals surface area (Å²) in [6, 6.07) is 4.85. The molecule has 0 fully saturated rings. The van der Waals surface area contributed by atoms with Crippen LogP contribution in [0.5, 0.6) is 0 Å². The van der Waals surface area contributed by atoms with Gasteiger partial charge in [-0.25, -0.2) is 9.02 Å². The molecule has 0 saturated carbocycles. The first-order chi connectivity index (χ1) is 8.16. The molecule has 17 heavy (non-hydrogen) atoms. The van der Waals surface area contributed by atoms with Crippen LogP contribution in [0.2, 0.25) is 0 Å². The normalized spacial score (nSPS) is 10.8. The Morgan fingerprint density at radius 1 is 1.35 bits per heavy atom. The van der Waals surface area contributed by atoms with Gasteiger partial charge in [-0.3, -0.25) is 0 Å².